The Morgan fingerprint density at radius 2 is 2.06 bits per heavy atom. The molecular weight excluding hydrogens is 214 g/mol. The first-order valence-electron chi connectivity index (χ1n) is 6.20. The van der Waals surface area contributed by atoms with Crippen molar-refractivity contribution in [3.8, 4) is 5.75 Å². The molecular formula is C14H21NO2. The summed E-state index contributed by atoms with van der Waals surface area (Å²) >= 11 is 0. The fourth-order valence-electron chi connectivity index (χ4n) is 1.85. The fraction of sp³-hybridized carbons (Fsp3) is 0.571. The Hall–Kier alpha value is -1.06. The molecule has 94 valence electrons. The van der Waals surface area contributed by atoms with Crippen LogP contribution in [0.25, 0.3) is 0 Å². The number of hydrogen-bond acceptors (Lipinski definition) is 3. The molecule has 0 spiro atoms. The molecule has 1 N–H and O–H groups in total. The molecule has 1 aliphatic rings. The van der Waals surface area contributed by atoms with Gasteiger partial charge >= 0.3 is 0 Å². The predicted octanol–water partition coefficient (Wildman–Crippen LogP) is 2.14. The molecule has 0 amide bonds. The molecule has 0 unspecified atom stereocenters. The van der Waals surface area contributed by atoms with Crippen LogP contribution in [0, 0.1) is 6.92 Å². The van der Waals surface area contributed by atoms with Gasteiger partial charge in [0, 0.05) is 20.2 Å². The zero-order chi connectivity index (χ0) is 12.1. The van der Waals surface area contributed by atoms with E-state index in [0.717, 1.165) is 38.3 Å². The number of ether oxygens (including phenoxy) is 2. The second-order valence-corrected chi connectivity index (χ2v) is 4.72. The smallest absolute Gasteiger partial charge is 0.123 e. The minimum atomic E-state index is 0.0276. The van der Waals surface area contributed by atoms with E-state index in [1.165, 1.54) is 5.56 Å². The molecule has 0 heterocycles. The van der Waals surface area contributed by atoms with Crippen molar-refractivity contribution in [1.82, 2.24) is 5.32 Å². The van der Waals surface area contributed by atoms with Crippen molar-refractivity contribution in [2.45, 2.75) is 25.4 Å². The Bertz CT molecular complexity index is 361. The molecule has 17 heavy (non-hydrogen) atoms. The third-order valence-electron chi connectivity index (χ3n) is 3.16. The van der Waals surface area contributed by atoms with Gasteiger partial charge in [0.05, 0.1) is 6.61 Å². The summed E-state index contributed by atoms with van der Waals surface area (Å²) in [6.45, 7) is 4.63. The summed E-state index contributed by atoms with van der Waals surface area (Å²) in [5, 5.41) is 3.38. The number of aryl methyl sites for hydroxylation is 1. The van der Waals surface area contributed by atoms with Gasteiger partial charge in [-0.3, -0.25) is 0 Å². The molecule has 1 aromatic carbocycles. The second kappa shape index (κ2) is 5.52. The number of rotatable bonds is 7. The maximum atomic E-state index is 6.12. The van der Waals surface area contributed by atoms with Crippen molar-refractivity contribution in [3.63, 3.8) is 0 Å². The fourth-order valence-corrected chi connectivity index (χ4v) is 1.85. The lowest BCUT2D eigenvalue weighted by atomic mass is 10.2. The molecule has 3 nitrogen and oxygen atoms in total. The Kier molecular flexibility index (Phi) is 4.02. The van der Waals surface area contributed by atoms with Gasteiger partial charge in [-0.1, -0.05) is 18.2 Å². The van der Waals surface area contributed by atoms with Crippen LogP contribution in [-0.4, -0.2) is 32.4 Å². The van der Waals surface area contributed by atoms with Gasteiger partial charge in [0.2, 0.25) is 0 Å². The van der Waals surface area contributed by atoms with E-state index in [9.17, 15) is 0 Å². The molecule has 0 radical (unpaired) electrons. The van der Waals surface area contributed by atoms with Crippen molar-refractivity contribution in [3.05, 3.63) is 29.8 Å². The first kappa shape index (κ1) is 12.4. The highest BCUT2D eigenvalue weighted by Gasteiger charge is 2.45. The number of nitrogens with one attached hydrogen (secondary N) is 1. The summed E-state index contributed by atoms with van der Waals surface area (Å²) in [7, 11) is 1.72. The zero-order valence-electron chi connectivity index (χ0n) is 10.7. The molecule has 1 aromatic rings. The Labute approximate surface area is 103 Å². The predicted molar refractivity (Wildman–Crippen MR) is 68.5 cm³/mol. The Morgan fingerprint density at radius 1 is 1.29 bits per heavy atom. The van der Waals surface area contributed by atoms with E-state index < -0.39 is 0 Å². The van der Waals surface area contributed by atoms with Crippen molar-refractivity contribution in [2.24, 2.45) is 0 Å². The second-order valence-electron chi connectivity index (χ2n) is 4.72. The van der Waals surface area contributed by atoms with E-state index in [0.29, 0.717) is 0 Å². The SMILES string of the molecule is COCCNCC1(Oc2ccccc2C)CC1. The minimum absolute atomic E-state index is 0.0276. The highest BCUT2D eigenvalue weighted by atomic mass is 16.5. The van der Waals surface area contributed by atoms with E-state index in [2.05, 4.69) is 18.3 Å². The molecule has 1 aliphatic carbocycles. The van der Waals surface area contributed by atoms with Gasteiger partial charge in [-0.15, -0.1) is 0 Å². The molecule has 1 fully saturated rings. The standard InChI is InChI=1S/C14H21NO2/c1-12-5-3-4-6-13(12)17-14(7-8-14)11-15-9-10-16-2/h3-6,15H,7-11H2,1-2H3. The van der Waals surface area contributed by atoms with E-state index in [4.69, 9.17) is 9.47 Å². The lowest BCUT2D eigenvalue weighted by Crippen LogP contribution is -2.35. The summed E-state index contributed by atoms with van der Waals surface area (Å²) in [6.07, 6.45) is 2.28. The lowest BCUT2D eigenvalue weighted by molar-refractivity contribution is 0.161. The molecule has 2 rings (SSSR count). The van der Waals surface area contributed by atoms with Gasteiger partial charge < -0.3 is 14.8 Å². The maximum Gasteiger partial charge on any atom is 0.123 e. The van der Waals surface area contributed by atoms with Crippen molar-refractivity contribution in [2.75, 3.05) is 26.8 Å². The maximum absolute atomic E-state index is 6.12. The zero-order valence-corrected chi connectivity index (χ0v) is 10.7. The van der Waals surface area contributed by atoms with Crippen LogP contribution >= 0.6 is 0 Å². The first-order chi connectivity index (χ1) is 8.26. The molecule has 0 aromatic heterocycles. The van der Waals surface area contributed by atoms with Crippen LogP contribution in [0.5, 0.6) is 5.75 Å². The number of para-hydroxylation sites is 1. The summed E-state index contributed by atoms with van der Waals surface area (Å²) < 4.78 is 11.1. The average molecular weight is 235 g/mol. The largest absolute Gasteiger partial charge is 0.486 e. The third-order valence-corrected chi connectivity index (χ3v) is 3.16. The van der Waals surface area contributed by atoms with E-state index in [1.54, 1.807) is 7.11 Å². The summed E-state index contributed by atoms with van der Waals surface area (Å²) in [6, 6.07) is 8.20. The molecule has 3 heteroatoms. The topological polar surface area (TPSA) is 30.5 Å². The highest BCUT2D eigenvalue weighted by Crippen LogP contribution is 2.40. The minimum Gasteiger partial charge on any atom is -0.486 e. The summed E-state index contributed by atoms with van der Waals surface area (Å²) in [4.78, 5) is 0. The Balaban J connectivity index is 1.84. The van der Waals surface area contributed by atoms with E-state index in [-0.39, 0.29) is 5.60 Å². The van der Waals surface area contributed by atoms with Gasteiger partial charge in [-0.05, 0) is 31.4 Å². The summed E-state index contributed by atoms with van der Waals surface area (Å²) in [5.74, 6) is 1.01. The molecule has 0 bridgehead atoms. The van der Waals surface area contributed by atoms with Crippen molar-refractivity contribution in [1.29, 1.82) is 0 Å². The van der Waals surface area contributed by atoms with E-state index >= 15 is 0 Å². The van der Waals surface area contributed by atoms with Crippen LogP contribution in [0.4, 0.5) is 0 Å². The highest BCUT2D eigenvalue weighted by molar-refractivity contribution is 5.33. The number of methoxy groups -OCH3 is 1. The van der Waals surface area contributed by atoms with Crippen LogP contribution in [0.1, 0.15) is 18.4 Å². The molecule has 1 saturated carbocycles. The molecule has 0 atom stereocenters. The molecule has 0 saturated heterocycles. The lowest BCUT2D eigenvalue weighted by Gasteiger charge is -2.20. The monoisotopic (exact) mass is 235 g/mol. The normalized spacial score (nSPS) is 16.8. The van der Waals surface area contributed by atoms with Crippen molar-refractivity contribution < 1.29 is 9.47 Å². The number of benzene rings is 1. The van der Waals surface area contributed by atoms with Gasteiger partial charge in [0.25, 0.3) is 0 Å². The van der Waals surface area contributed by atoms with Crippen LogP contribution in [0.15, 0.2) is 24.3 Å². The van der Waals surface area contributed by atoms with Gasteiger partial charge in [0.15, 0.2) is 0 Å². The van der Waals surface area contributed by atoms with Crippen LogP contribution in [-0.2, 0) is 4.74 Å². The Morgan fingerprint density at radius 3 is 2.71 bits per heavy atom. The summed E-state index contributed by atoms with van der Waals surface area (Å²) in [5.41, 5.74) is 1.23. The number of hydrogen-bond donors (Lipinski definition) is 1. The third kappa shape index (κ3) is 3.45. The van der Waals surface area contributed by atoms with Gasteiger partial charge in [-0.25, -0.2) is 0 Å². The molecule has 0 aliphatic heterocycles. The van der Waals surface area contributed by atoms with Crippen LogP contribution in [0.2, 0.25) is 0 Å². The van der Waals surface area contributed by atoms with E-state index in [1.807, 2.05) is 18.2 Å². The van der Waals surface area contributed by atoms with Crippen molar-refractivity contribution >= 4 is 0 Å². The van der Waals surface area contributed by atoms with Crippen LogP contribution in [0.3, 0.4) is 0 Å². The van der Waals surface area contributed by atoms with Gasteiger partial charge in [-0.2, -0.15) is 0 Å². The average Bonchev–Trinajstić information content (AvgIpc) is 3.08. The van der Waals surface area contributed by atoms with Gasteiger partial charge in [0.1, 0.15) is 11.4 Å². The first-order valence-corrected chi connectivity index (χ1v) is 6.20. The quantitative estimate of drug-likeness (QED) is 0.734. The van der Waals surface area contributed by atoms with Crippen LogP contribution < -0.4 is 10.1 Å².